The van der Waals surface area contributed by atoms with Crippen molar-refractivity contribution >= 4 is 16.6 Å². The third kappa shape index (κ3) is 4.55. The van der Waals surface area contributed by atoms with Crippen molar-refractivity contribution in [2.45, 2.75) is 51.6 Å². The van der Waals surface area contributed by atoms with Gasteiger partial charge >= 0.3 is 0 Å². The molecule has 9 heteroatoms. The molecule has 1 aliphatic heterocycles. The molecule has 38 heavy (non-hydrogen) atoms. The minimum atomic E-state index is -0.332. The number of hydrogen-bond donors (Lipinski definition) is 1. The van der Waals surface area contributed by atoms with Crippen LogP contribution in [0.15, 0.2) is 47.3 Å². The standard InChI is InChI=1S/C29H35N7O2/c1-19-8-9-20(2)26(16-19)34-12-14-35(15-13-34)27(28-31-32-33-36(28)22-6-4-5-7-22)24-17-21-10-11-23(38-3)18-25(21)30-29(24)37/h8-11,16-18,22,27H,4-7,12-15H2,1-3H3,(H,30,37)/t27-/m0/s1. The van der Waals surface area contributed by atoms with E-state index >= 15 is 0 Å². The number of anilines is 1. The van der Waals surface area contributed by atoms with Crippen molar-refractivity contribution in [1.82, 2.24) is 30.1 Å². The lowest BCUT2D eigenvalue weighted by atomic mass is 10.0. The van der Waals surface area contributed by atoms with Gasteiger partial charge in [-0.25, -0.2) is 4.68 Å². The molecule has 1 atom stereocenters. The number of nitrogens with one attached hydrogen (secondary N) is 1. The summed E-state index contributed by atoms with van der Waals surface area (Å²) in [6, 6.07) is 14.3. The molecule has 9 nitrogen and oxygen atoms in total. The number of piperazine rings is 1. The lowest BCUT2D eigenvalue weighted by Gasteiger charge is -2.40. The maximum Gasteiger partial charge on any atom is 0.253 e. The minimum Gasteiger partial charge on any atom is -0.497 e. The molecule has 1 N–H and O–H groups in total. The van der Waals surface area contributed by atoms with E-state index in [1.807, 2.05) is 28.9 Å². The Kier molecular flexibility index (Phi) is 6.61. The van der Waals surface area contributed by atoms with Gasteiger partial charge in [0.15, 0.2) is 5.82 Å². The molecular formula is C29H35N7O2. The van der Waals surface area contributed by atoms with Crippen LogP contribution in [-0.4, -0.2) is 63.4 Å². The first-order valence-corrected chi connectivity index (χ1v) is 13.6. The molecule has 2 aliphatic rings. The smallest absolute Gasteiger partial charge is 0.253 e. The third-order valence-corrected chi connectivity index (χ3v) is 8.19. The number of fused-ring (bicyclic) bond motifs is 1. The van der Waals surface area contributed by atoms with Crippen LogP contribution in [0.25, 0.3) is 10.9 Å². The van der Waals surface area contributed by atoms with Crippen molar-refractivity contribution in [3.63, 3.8) is 0 Å². The van der Waals surface area contributed by atoms with Crippen LogP contribution in [-0.2, 0) is 0 Å². The number of H-pyrrole nitrogens is 1. The van der Waals surface area contributed by atoms with E-state index in [0.717, 1.165) is 55.7 Å². The number of aromatic amines is 1. The molecule has 0 spiro atoms. The van der Waals surface area contributed by atoms with Crippen LogP contribution in [0, 0.1) is 13.8 Å². The second-order valence-electron chi connectivity index (χ2n) is 10.6. The van der Waals surface area contributed by atoms with Crippen molar-refractivity contribution < 1.29 is 4.74 Å². The zero-order chi connectivity index (χ0) is 26.2. The van der Waals surface area contributed by atoms with Gasteiger partial charge < -0.3 is 14.6 Å². The molecule has 1 saturated heterocycles. The van der Waals surface area contributed by atoms with Gasteiger partial charge in [0.25, 0.3) is 5.56 Å². The number of ether oxygens (including phenoxy) is 1. The summed E-state index contributed by atoms with van der Waals surface area (Å²) in [5.41, 5.74) is 5.15. The average Bonchev–Trinajstić information content (AvgIpc) is 3.63. The number of aromatic nitrogens is 5. The molecule has 0 bridgehead atoms. The van der Waals surface area contributed by atoms with Crippen molar-refractivity contribution in [2.75, 3.05) is 38.2 Å². The fraction of sp³-hybridized carbons (Fsp3) is 0.448. The lowest BCUT2D eigenvalue weighted by molar-refractivity contribution is 0.196. The molecule has 0 unspecified atom stereocenters. The number of rotatable bonds is 6. The van der Waals surface area contributed by atoms with Gasteiger partial charge in [0.05, 0.1) is 18.7 Å². The van der Waals surface area contributed by atoms with Crippen molar-refractivity contribution in [2.24, 2.45) is 0 Å². The number of nitrogens with zero attached hydrogens (tertiary/aromatic N) is 6. The summed E-state index contributed by atoms with van der Waals surface area (Å²) in [6.07, 6.45) is 4.50. The average molecular weight is 514 g/mol. The molecular weight excluding hydrogens is 478 g/mol. The van der Waals surface area contributed by atoms with E-state index in [-0.39, 0.29) is 17.6 Å². The van der Waals surface area contributed by atoms with Gasteiger partial charge in [-0.1, -0.05) is 25.0 Å². The first-order chi connectivity index (χ1) is 18.5. The fourth-order valence-corrected chi connectivity index (χ4v) is 6.10. The van der Waals surface area contributed by atoms with Crippen LogP contribution < -0.4 is 15.2 Å². The first kappa shape index (κ1) is 24.6. The number of methoxy groups -OCH3 is 1. The van der Waals surface area contributed by atoms with E-state index in [1.54, 1.807) is 7.11 Å². The van der Waals surface area contributed by atoms with Crippen molar-refractivity contribution in [3.8, 4) is 5.75 Å². The van der Waals surface area contributed by atoms with E-state index < -0.39 is 0 Å². The summed E-state index contributed by atoms with van der Waals surface area (Å²) in [4.78, 5) is 21.5. The Morgan fingerprint density at radius 1 is 1.00 bits per heavy atom. The summed E-state index contributed by atoms with van der Waals surface area (Å²) in [7, 11) is 1.63. The second-order valence-corrected chi connectivity index (χ2v) is 10.6. The van der Waals surface area contributed by atoms with Crippen molar-refractivity contribution in [3.05, 3.63) is 75.3 Å². The van der Waals surface area contributed by atoms with Gasteiger partial charge in [-0.3, -0.25) is 9.69 Å². The van der Waals surface area contributed by atoms with Crippen LogP contribution >= 0.6 is 0 Å². The Bertz CT molecular complexity index is 1500. The van der Waals surface area contributed by atoms with Crippen LogP contribution in [0.3, 0.4) is 0 Å². The van der Waals surface area contributed by atoms with Crippen molar-refractivity contribution in [1.29, 1.82) is 0 Å². The molecule has 198 valence electrons. The summed E-state index contributed by atoms with van der Waals surface area (Å²) in [5.74, 6) is 1.47. The fourth-order valence-electron chi connectivity index (χ4n) is 6.10. The second kappa shape index (κ2) is 10.2. The Labute approximate surface area is 222 Å². The zero-order valence-electron chi connectivity index (χ0n) is 22.4. The zero-order valence-corrected chi connectivity index (χ0v) is 22.4. The minimum absolute atomic E-state index is 0.117. The number of hydrogen-bond acceptors (Lipinski definition) is 7. The highest BCUT2D eigenvalue weighted by Crippen LogP contribution is 2.35. The highest BCUT2D eigenvalue weighted by atomic mass is 16.5. The van der Waals surface area contributed by atoms with Crippen LogP contribution in [0.4, 0.5) is 5.69 Å². The Morgan fingerprint density at radius 2 is 1.79 bits per heavy atom. The van der Waals surface area contributed by atoms with E-state index in [2.05, 4.69) is 62.4 Å². The Morgan fingerprint density at radius 3 is 2.55 bits per heavy atom. The molecule has 2 aromatic heterocycles. The predicted molar refractivity (Wildman–Crippen MR) is 148 cm³/mol. The quantitative estimate of drug-likeness (QED) is 0.414. The van der Waals surface area contributed by atoms with E-state index in [1.165, 1.54) is 29.7 Å². The molecule has 0 radical (unpaired) electrons. The van der Waals surface area contributed by atoms with E-state index in [4.69, 9.17) is 4.74 Å². The number of tetrazole rings is 1. The van der Waals surface area contributed by atoms with E-state index in [0.29, 0.717) is 11.3 Å². The SMILES string of the molecule is COc1ccc2cc([C@@H](c3nnnn3C3CCCC3)N3CCN(c4cc(C)ccc4C)CC3)c(=O)[nH]c2c1. The summed E-state index contributed by atoms with van der Waals surface area (Å²) < 4.78 is 7.36. The highest BCUT2D eigenvalue weighted by molar-refractivity contribution is 5.80. The molecule has 4 aromatic rings. The monoisotopic (exact) mass is 513 g/mol. The molecule has 2 aromatic carbocycles. The predicted octanol–water partition coefficient (Wildman–Crippen LogP) is 4.17. The molecule has 2 fully saturated rings. The number of aryl methyl sites for hydroxylation is 2. The van der Waals surface area contributed by atoms with Gasteiger partial charge in [-0.2, -0.15) is 0 Å². The van der Waals surface area contributed by atoms with Gasteiger partial charge in [-0.15, -0.1) is 5.10 Å². The van der Waals surface area contributed by atoms with Gasteiger partial charge in [0.2, 0.25) is 0 Å². The maximum absolute atomic E-state index is 13.6. The van der Waals surface area contributed by atoms with Crippen LogP contribution in [0.2, 0.25) is 0 Å². The number of benzene rings is 2. The molecule has 6 rings (SSSR count). The summed E-state index contributed by atoms with van der Waals surface area (Å²) >= 11 is 0. The first-order valence-electron chi connectivity index (χ1n) is 13.6. The highest BCUT2D eigenvalue weighted by Gasteiger charge is 2.35. The Balaban J connectivity index is 1.38. The van der Waals surface area contributed by atoms with Gasteiger partial charge in [-0.05, 0) is 77.9 Å². The lowest BCUT2D eigenvalue weighted by Crippen LogP contribution is -2.49. The molecule has 1 aliphatic carbocycles. The van der Waals surface area contributed by atoms with Gasteiger partial charge in [0, 0.05) is 43.5 Å². The summed E-state index contributed by atoms with van der Waals surface area (Å²) in [6.45, 7) is 7.65. The third-order valence-electron chi connectivity index (χ3n) is 8.19. The largest absolute Gasteiger partial charge is 0.497 e. The topological polar surface area (TPSA) is 92.2 Å². The van der Waals surface area contributed by atoms with Crippen LogP contribution in [0.1, 0.15) is 60.3 Å². The molecule has 3 heterocycles. The van der Waals surface area contributed by atoms with Gasteiger partial charge in [0.1, 0.15) is 11.8 Å². The summed E-state index contributed by atoms with van der Waals surface area (Å²) in [5, 5.41) is 14.0. The maximum atomic E-state index is 13.6. The van der Waals surface area contributed by atoms with E-state index in [9.17, 15) is 4.79 Å². The Hall–Kier alpha value is -3.72. The molecule has 0 amide bonds. The number of pyridine rings is 1. The molecule has 1 saturated carbocycles. The van der Waals surface area contributed by atoms with Crippen LogP contribution in [0.5, 0.6) is 5.75 Å². The normalized spacial score (nSPS) is 17.8.